The monoisotopic (exact) mass is 186 g/mol. The number of aliphatic hydroxyl groups excluding tert-OH is 1. The van der Waals surface area contributed by atoms with Gasteiger partial charge in [-0.05, 0) is 19.1 Å². The van der Waals surface area contributed by atoms with Crippen LogP contribution in [-0.4, -0.2) is 25.4 Å². The van der Waals surface area contributed by atoms with E-state index >= 15 is 0 Å². The topological polar surface area (TPSA) is 29.5 Å². The fourth-order valence-electron chi connectivity index (χ4n) is 1.10. The normalized spacial score (nSPS) is 13.2. The van der Waals surface area contributed by atoms with Gasteiger partial charge < -0.3 is 9.84 Å². The first-order valence-corrected chi connectivity index (χ1v) is 4.75. The summed E-state index contributed by atoms with van der Waals surface area (Å²) in [5, 5.41) is 9.05. The Morgan fingerprint density at radius 1 is 1.58 bits per heavy atom. The van der Waals surface area contributed by atoms with Crippen LogP contribution in [0, 0.1) is 6.92 Å². The molecular weight excluding hydrogens is 172 g/mol. The molecule has 0 bridgehead atoms. The number of rotatable bonds is 4. The number of aliphatic hydroxyl groups is 1. The Kier molecular flexibility index (Phi) is 3.72. The first-order chi connectivity index (χ1) is 5.77. The molecule has 0 aromatic carbocycles. The lowest BCUT2D eigenvalue weighted by Crippen LogP contribution is -2.08. The second-order valence-corrected chi connectivity index (χ2v) is 4.10. The van der Waals surface area contributed by atoms with Gasteiger partial charge in [0.25, 0.3) is 0 Å². The van der Waals surface area contributed by atoms with E-state index < -0.39 is 0 Å². The van der Waals surface area contributed by atoms with Crippen LogP contribution in [0.15, 0.2) is 12.1 Å². The number of methoxy groups -OCH3 is 1. The first-order valence-electron chi connectivity index (χ1n) is 3.94. The molecule has 0 aliphatic carbocycles. The van der Waals surface area contributed by atoms with E-state index in [-0.39, 0.29) is 12.5 Å². The smallest absolute Gasteiger partial charge is 0.0561 e. The van der Waals surface area contributed by atoms with Crippen LogP contribution in [0.4, 0.5) is 0 Å². The minimum Gasteiger partial charge on any atom is -0.396 e. The van der Waals surface area contributed by atoms with Gasteiger partial charge in [0.2, 0.25) is 0 Å². The zero-order valence-electron chi connectivity index (χ0n) is 7.41. The highest BCUT2D eigenvalue weighted by Crippen LogP contribution is 2.24. The first kappa shape index (κ1) is 9.71. The summed E-state index contributed by atoms with van der Waals surface area (Å²) < 4.78 is 5.01. The molecule has 0 fully saturated rings. The third-order valence-corrected chi connectivity index (χ3v) is 2.91. The van der Waals surface area contributed by atoms with Crippen molar-refractivity contribution in [2.75, 3.05) is 20.3 Å². The van der Waals surface area contributed by atoms with Gasteiger partial charge in [-0.1, -0.05) is 0 Å². The maximum absolute atomic E-state index is 9.05. The minimum absolute atomic E-state index is 0.147. The fourth-order valence-corrected chi connectivity index (χ4v) is 2.05. The standard InChI is InChI=1S/C9H14O2S/c1-7-3-4-9(12-7)8(5-10)6-11-2/h3-4,8,10H,5-6H2,1-2H3. The Hall–Kier alpha value is -0.380. The van der Waals surface area contributed by atoms with Gasteiger partial charge in [-0.2, -0.15) is 0 Å². The average molecular weight is 186 g/mol. The van der Waals surface area contributed by atoms with Crippen LogP contribution in [-0.2, 0) is 4.74 Å². The van der Waals surface area contributed by atoms with E-state index in [0.717, 1.165) is 0 Å². The number of hydrogen-bond donors (Lipinski definition) is 1. The van der Waals surface area contributed by atoms with Crippen molar-refractivity contribution >= 4 is 11.3 Å². The van der Waals surface area contributed by atoms with Gasteiger partial charge >= 0.3 is 0 Å². The van der Waals surface area contributed by atoms with Crippen LogP contribution < -0.4 is 0 Å². The van der Waals surface area contributed by atoms with E-state index in [2.05, 4.69) is 19.1 Å². The molecule has 0 aliphatic rings. The molecule has 0 spiro atoms. The Balaban J connectivity index is 2.66. The van der Waals surface area contributed by atoms with Gasteiger partial charge in [0.1, 0.15) is 0 Å². The predicted molar refractivity (Wildman–Crippen MR) is 50.8 cm³/mol. The maximum Gasteiger partial charge on any atom is 0.0561 e. The van der Waals surface area contributed by atoms with E-state index in [1.165, 1.54) is 9.75 Å². The molecule has 1 N–H and O–H groups in total. The third-order valence-electron chi connectivity index (χ3n) is 1.75. The van der Waals surface area contributed by atoms with E-state index in [4.69, 9.17) is 9.84 Å². The number of thiophene rings is 1. The number of aryl methyl sites for hydroxylation is 1. The minimum atomic E-state index is 0.147. The molecule has 0 saturated heterocycles. The Labute approximate surface area is 76.8 Å². The van der Waals surface area contributed by atoms with Crippen molar-refractivity contribution in [1.82, 2.24) is 0 Å². The van der Waals surface area contributed by atoms with Crippen molar-refractivity contribution < 1.29 is 9.84 Å². The van der Waals surface area contributed by atoms with E-state index in [0.29, 0.717) is 6.61 Å². The fraction of sp³-hybridized carbons (Fsp3) is 0.556. The van der Waals surface area contributed by atoms with Gasteiger partial charge in [-0.15, -0.1) is 11.3 Å². The summed E-state index contributed by atoms with van der Waals surface area (Å²) in [6.45, 7) is 2.82. The summed E-state index contributed by atoms with van der Waals surface area (Å²) in [6.07, 6.45) is 0. The molecule has 1 rings (SSSR count). The second kappa shape index (κ2) is 4.60. The van der Waals surface area contributed by atoms with Gasteiger partial charge in [-0.3, -0.25) is 0 Å². The molecule has 1 heterocycles. The Morgan fingerprint density at radius 2 is 2.33 bits per heavy atom. The van der Waals surface area contributed by atoms with Crippen LogP contribution in [0.5, 0.6) is 0 Å². The summed E-state index contributed by atoms with van der Waals surface area (Å²) in [5.41, 5.74) is 0. The molecule has 0 aliphatic heterocycles. The summed E-state index contributed by atoms with van der Waals surface area (Å²) >= 11 is 1.72. The summed E-state index contributed by atoms with van der Waals surface area (Å²) in [7, 11) is 1.66. The molecule has 1 unspecified atom stereocenters. The largest absolute Gasteiger partial charge is 0.396 e. The summed E-state index contributed by atoms with van der Waals surface area (Å²) in [6, 6.07) is 4.12. The van der Waals surface area contributed by atoms with E-state index in [9.17, 15) is 0 Å². The van der Waals surface area contributed by atoms with Crippen molar-refractivity contribution in [1.29, 1.82) is 0 Å². The SMILES string of the molecule is COCC(CO)c1ccc(C)s1. The predicted octanol–water partition coefficient (Wildman–Crippen LogP) is 1.78. The second-order valence-electron chi connectivity index (χ2n) is 2.78. The van der Waals surface area contributed by atoms with Crippen molar-refractivity contribution in [3.05, 3.63) is 21.9 Å². The van der Waals surface area contributed by atoms with Crippen LogP contribution in [0.1, 0.15) is 15.7 Å². The molecule has 3 heteroatoms. The Bertz CT molecular complexity index is 232. The molecule has 2 nitrogen and oxygen atoms in total. The lowest BCUT2D eigenvalue weighted by molar-refractivity contribution is 0.145. The molecular formula is C9H14O2S. The van der Waals surface area contributed by atoms with E-state index in [1.807, 2.05) is 0 Å². The maximum atomic E-state index is 9.05. The van der Waals surface area contributed by atoms with E-state index in [1.54, 1.807) is 18.4 Å². The van der Waals surface area contributed by atoms with Gasteiger partial charge in [0.15, 0.2) is 0 Å². The average Bonchev–Trinajstić information content (AvgIpc) is 2.47. The van der Waals surface area contributed by atoms with Crippen molar-refractivity contribution in [2.24, 2.45) is 0 Å². The summed E-state index contributed by atoms with van der Waals surface area (Å²) in [4.78, 5) is 2.48. The molecule has 12 heavy (non-hydrogen) atoms. The van der Waals surface area contributed by atoms with Gasteiger partial charge in [0, 0.05) is 22.8 Å². The van der Waals surface area contributed by atoms with Gasteiger partial charge in [0.05, 0.1) is 13.2 Å². The zero-order chi connectivity index (χ0) is 8.97. The third kappa shape index (κ3) is 2.30. The zero-order valence-corrected chi connectivity index (χ0v) is 8.23. The van der Waals surface area contributed by atoms with Crippen LogP contribution >= 0.6 is 11.3 Å². The molecule has 1 aromatic rings. The quantitative estimate of drug-likeness (QED) is 0.776. The summed E-state index contributed by atoms with van der Waals surface area (Å²) in [5.74, 6) is 0.147. The van der Waals surface area contributed by atoms with Gasteiger partial charge in [-0.25, -0.2) is 0 Å². The lowest BCUT2D eigenvalue weighted by atomic mass is 10.1. The molecule has 0 amide bonds. The van der Waals surface area contributed by atoms with Crippen molar-refractivity contribution in [2.45, 2.75) is 12.8 Å². The highest BCUT2D eigenvalue weighted by molar-refractivity contribution is 7.12. The van der Waals surface area contributed by atoms with Crippen LogP contribution in [0.25, 0.3) is 0 Å². The highest BCUT2D eigenvalue weighted by atomic mass is 32.1. The number of hydrogen-bond acceptors (Lipinski definition) is 3. The molecule has 0 radical (unpaired) electrons. The molecule has 68 valence electrons. The van der Waals surface area contributed by atoms with Crippen LogP contribution in [0.3, 0.4) is 0 Å². The lowest BCUT2D eigenvalue weighted by Gasteiger charge is -2.09. The Morgan fingerprint density at radius 3 is 2.75 bits per heavy atom. The molecule has 1 aromatic heterocycles. The van der Waals surface area contributed by atoms with Crippen LogP contribution in [0.2, 0.25) is 0 Å². The van der Waals surface area contributed by atoms with Crippen molar-refractivity contribution in [3.8, 4) is 0 Å². The number of ether oxygens (including phenoxy) is 1. The molecule has 0 saturated carbocycles. The highest BCUT2D eigenvalue weighted by Gasteiger charge is 2.11. The van der Waals surface area contributed by atoms with Crippen molar-refractivity contribution in [3.63, 3.8) is 0 Å². The molecule has 1 atom stereocenters.